The predicted octanol–water partition coefficient (Wildman–Crippen LogP) is 2.36. The lowest BCUT2D eigenvalue weighted by molar-refractivity contribution is -0.383. The molecule has 0 atom stereocenters. The maximum Gasteiger partial charge on any atom is 0.315 e. The van der Waals surface area contributed by atoms with Crippen LogP contribution < -0.4 is 11.0 Å². The van der Waals surface area contributed by atoms with Crippen molar-refractivity contribution in [2.45, 2.75) is 38.3 Å². The molecule has 0 bridgehead atoms. The highest BCUT2D eigenvalue weighted by molar-refractivity contribution is 5.85. The van der Waals surface area contributed by atoms with Gasteiger partial charge in [0.2, 0.25) is 5.58 Å². The highest BCUT2D eigenvalue weighted by Crippen LogP contribution is 2.37. The molecule has 1 aliphatic carbocycles. The highest BCUT2D eigenvalue weighted by atomic mass is 19.1. The molecule has 0 amide bonds. The first-order valence-electron chi connectivity index (χ1n) is 9.63. The minimum Gasteiger partial charge on any atom is -0.456 e. The summed E-state index contributed by atoms with van der Waals surface area (Å²) in [7, 11) is 0. The van der Waals surface area contributed by atoms with Crippen LogP contribution in [0, 0.1) is 15.9 Å². The molecule has 0 spiro atoms. The zero-order chi connectivity index (χ0) is 21.0. The average Bonchev–Trinajstić information content (AvgIpc) is 3.55. The molecule has 30 heavy (non-hydrogen) atoms. The van der Waals surface area contributed by atoms with Crippen molar-refractivity contribution >= 4 is 16.7 Å². The van der Waals surface area contributed by atoms with Crippen LogP contribution in [0.15, 0.2) is 32.4 Å². The van der Waals surface area contributed by atoms with E-state index in [0.717, 1.165) is 36.5 Å². The molecule has 3 heterocycles. The number of fused-ring (bicyclic) bond motifs is 2. The molecule has 1 aliphatic heterocycles. The summed E-state index contributed by atoms with van der Waals surface area (Å²) in [4.78, 5) is 45.0. The molecular weight excluding hydrogens is 395 g/mol. The fraction of sp³-hybridized carbons (Fsp3) is 0.350. The number of benzene rings is 1. The van der Waals surface area contributed by atoms with Crippen LogP contribution in [0.3, 0.4) is 0 Å². The van der Waals surface area contributed by atoms with Crippen molar-refractivity contribution in [2.24, 2.45) is 0 Å². The number of H-pyrrole nitrogens is 1. The standard InChI is InChI=1S/C20H17FN4O5/c21-12-5-13-17(26)11(9-30-18(13)16(6-12)25(28)29)7-24-4-3-15-14(8-24)20(27)23-19(22-15)10-1-2-10/h5-6,9-10H,1-4,7-8H2,(H,22,23,27). The molecule has 10 heteroatoms. The number of hydrogen-bond acceptors (Lipinski definition) is 7. The van der Waals surface area contributed by atoms with Gasteiger partial charge in [0, 0.05) is 37.5 Å². The van der Waals surface area contributed by atoms with E-state index in [2.05, 4.69) is 9.97 Å². The molecule has 0 saturated heterocycles. The monoisotopic (exact) mass is 412 g/mol. The van der Waals surface area contributed by atoms with E-state index in [4.69, 9.17) is 4.42 Å². The summed E-state index contributed by atoms with van der Waals surface area (Å²) in [6.45, 7) is 1.09. The number of nitrogens with one attached hydrogen (secondary N) is 1. The van der Waals surface area contributed by atoms with Crippen molar-refractivity contribution < 1.29 is 13.7 Å². The van der Waals surface area contributed by atoms with Gasteiger partial charge >= 0.3 is 5.69 Å². The fourth-order valence-corrected chi connectivity index (χ4v) is 3.90. The van der Waals surface area contributed by atoms with Crippen LogP contribution in [-0.2, 0) is 19.5 Å². The number of non-ortho nitro benzene ring substituents is 1. The molecule has 2 aliphatic rings. The normalized spacial score (nSPS) is 16.6. The van der Waals surface area contributed by atoms with Gasteiger partial charge in [0.25, 0.3) is 5.56 Å². The Bertz CT molecular complexity index is 1310. The molecule has 0 unspecified atom stereocenters. The smallest absolute Gasteiger partial charge is 0.315 e. The van der Waals surface area contributed by atoms with Gasteiger partial charge in [-0.3, -0.25) is 24.6 Å². The van der Waals surface area contributed by atoms with Gasteiger partial charge < -0.3 is 9.40 Å². The van der Waals surface area contributed by atoms with Gasteiger partial charge in [0.1, 0.15) is 11.6 Å². The number of aromatic nitrogens is 2. The quantitative estimate of drug-likeness (QED) is 0.515. The number of halogens is 1. The minimum absolute atomic E-state index is 0.158. The van der Waals surface area contributed by atoms with E-state index in [1.165, 1.54) is 6.26 Å². The second-order valence-corrected chi connectivity index (χ2v) is 7.76. The van der Waals surface area contributed by atoms with Gasteiger partial charge in [0.05, 0.1) is 33.9 Å². The first-order valence-corrected chi connectivity index (χ1v) is 9.63. The number of nitrogens with zero attached hydrogens (tertiary/aromatic N) is 3. The number of rotatable bonds is 4. The van der Waals surface area contributed by atoms with Gasteiger partial charge in [-0.25, -0.2) is 9.37 Å². The van der Waals surface area contributed by atoms with Crippen LogP contribution in [0.4, 0.5) is 10.1 Å². The van der Waals surface area contributed by atoms with Gasteiger partial charge in [-0.1, -0.05) is 0 Å². The highest BCUT2D eigenvalue weighted by Gasteiger charge is 2.29. The molecule has 154 valence electrons. The second kappa shape index (κ2) is 6.84. The number of aromatic amines is 1. The van der Waals surface area contributed by atoms with Crippen molar-refractivity contribution in [3.05, 3.63) is 77.5 Å². The Hall–Kier alpha value is -3.40. The van der Waals surface area contributed by atoms with Crippen LogP contribution in [0.5, 0.6) is 0 Å². The molecule has 1 saturated carbocycles. The van der Waals surface area contributed by atoms with Crippen molar-refractivity contribution in [3.63, 3.8) is 0 Å². The van der Waals surface area contributed by atoms with E-state index in [9.17, 15) is 24.1 Å². The summed E-state index contributed by atoms with van der Waals surface area (Å²) < 4.78 is 19.1. The molecule has 1 fully saturated rings. The summed E-state index contributed by atoms with van der Waals surface area (Å²) in [6.07, 6.45) is 3.84. The van der Waals surface area contributed by atoms with Crippen molar-refractivity contribution in [1.29, 1.82) is 0 Å². The van der Waals surface area contributed by atoms with Crippen LogP contribution in [0.2, 0.25) is 0 Å². The summed E-state index contributed by atoms with van der Waals surface area (Å²) in [5, 5.41) is 11.0. The van der Waals surface area contributed by atoms with Crippen LogP contribution in [0.1, 0.15) is 41.4 Å². The van der Waals surface area contributed by atoms with Crippen LogP contribution >= 0.6 is 0 Å². The van der Waals surface area contributed by atoms with Gasteiger partial charge in [-0.05, 0) is 18.9 Å². The second-order valence-electron chi connectivity index (χ2n) is 7.76. The first-order chi connectivity index (χ1) is 14.4. The van der Waals surface area contributed by atoms with Crippen molar-refractivity contribution in [3.8, 4) is 0 Å². The molecule has 9 nitrogen and oxygen atoms in total. The Labute approximate surface area is 168 Å². The first kappa shape index (κ1) is 18.6. The van der Waals surface area contributed by atoms with Crippen LogP contribution in [-0.4, -0.2) is 26.3 Å². The lowest BCUT2D eigenvalue weighted by Crippen LogP contribution is -2.36. The molecule has 1 aromatic carbocycles. The van der Waals surface area contributed by atoms with Crippen LogP contribution in [0.25, 0.3) is 11.0 Å². The zero-order valence-electron chi connectivity index (χ0n) is 15.8. The fourth-order valence-electron chi connectivity index (χ4n) is 3.90. The lowest BCUT2D eigenvalue weighted by atomic mass is 10.1. The van der Waals surface area contributed by atoms with Crippen molar-refractivity contribution in [1.82, 2.24) is 14.9 Å². The van der Waals surface area contributed by atoms with E-state index in [1.807, 2.05) is 4.90 Å². The zero-order valence-corrected chi connectivity index (χ0v) is 15.8. The largest absolute Gasteiger partial charge is 0.456 e. The number of nitro groups is 1. The van der Waals surface area contributed by atoms with Crippen molar-refractivity contribution in [2.75, 3.05) is 6.54 Å². The summed E-state index contributed by atoms with van der Waals surface area (Å²) in [5.74, 6) is 0.230. The third-order valence-corrected chi connectivity index (χ3v) is 5.61. The average molecular weight is 412 g/mol. The molecule has 2 aromatic heterocycles. The topological polar surface area (TPSA) is 122 Å². The Morgan fingerprint density at radius 3 is 2.87 bits per heavy atom. The molecular formula is C20H17FN4O5. The molecule has 1 N–H and O–H groups in total. The Kier molecular flexibility index (Phi) is 4.24. The third-order valence-electron chi connectivity index (χ3n) is 5.61. The minimum atomic E-state index is -0.880. The van der Waals surface area contributed by atoms with Gasteiger partial charge in [0.15, 0.2) is 5.43 Å². The Morgan fingerprint density at radius 2 is 2.13 bits per heavy atom. The summed E-state index contributed by atoms with van der Waals surface area (Å²) >= 11 is 0. The predicted molar refractivity (Wildman–Crippen MR) is 104 cm³/mol. The van der Waals surface area contributed by atoms with E-state index in [1.54, 1.807) is 0 Å². The molecule has 0 radical (unpaired) electrons. The van der Waals surface area contributed by atoms with Gasteiger partial charge in [-0.15, -0.1) is 0 Å². The Morgan fingerprint density at radius 1 is 1.33 bits per heavy atom. The summed E-state index contributed by atoms with van der Waals surface area (Å²) in [5.41, 5.74) is 0.0788. The van der Waals surface area contributed by atoms with E-state index in [0.29, 0.717) is 31.0 Å². The lowest BCUT2D eigenvalue weighted by Gasteiger charge is -2.27. The molecule has 3 aromatic rings. The number of hydrogen-bond donors (Lipinski definition) is 1. The summed E-state index contributed by atoms with van der Waals surface area (Å²) in [6, 6.07) is 1.67. The molecule has 5 rings (SSSR count). The van der Waals surface area contributed by atoms with E-state index in [-0.39, 0.29) is 28.6 Å². The SMILES string of the molecule is O=c1[nH]c(C2CC2)nc2c1CN(Cc1coc3c([N+](=O)[O-])cc(F)cc3c1=O)CC2. The van der Waals surface area contributed by atoms with Gasteiger partial charge in [-0.2, -0.15) is 0 Å². The third kappa shape index (κ3) is 3.18. The maximum atomic E-state index is 13.8. The maximum absolute atomic E-state index is 13.8. The van der Waals surface area contributed by atoms with E-state index >= 15 is 0 Å². The Balaban J connectivity index is 1.45. The van der Waals surface area contributed by atoms with E-state index < -0.39 is 21.9 Å². The number of nitro benzene ring substituents is 1.